The largest absolute Gasteiger partial charge is 0.350 e. The lowest BCUT2D eigenvalue weighted by atomic mass is 10.1. The van der Waals surface area contributed by atoms with Crippen molar-refractivity contribution in [1.29, 1.82) is 0 Å². The highest BCUT2D eigenvalue weighted by Gasteiger charge is 2.39. The van der Waals surface area contributed by atoms with Gasteiger partial charge < -0.3 is 10.6 Å². The number of nitrogens with zero attached hydrogens (tertiary/aromatic N) is 4. The number of aromatic nitrogens is 3. The van der Waals surface area contributed by atoms with E-state index in [0.717, 1.165) is 16.0 Å². The predicted molar refractivity (Wildman–Crippen MR) is 101 cm³/mol. The second-order valence-electron chi connectivity index (χ2n) is 7.18. The molecule has 1 fully saturated rings. The predicted octanol–water partition coefficient (Wildman–Crippen LogP) is 0.947. The summed E-state index contributed by atoms with van der Waals surface area (Å²) >= 11 is 0. The summed E-state index contributed by atoms with van der Waals surface area (Å²) in [5, 5.41) is 13.4. The SMILES string of the molecule is Cc1cccc(CNC(=O)CN2C(=O)NC(Cc3cn(C(C)C)nn3)C2=O)c1. The van der Waals surface area contributed by atoms with E-state index in [-0.39, 0.29) is 19.0 Å². The smallest absolute Gasteiger partial charge is 0.325 e. The van der Waals surface area contributed by atoms with Crippen LogP contribution in [0.25, 0.3) is 0 Å². The van der Waals surface area contributed by atoms with E-state index >= 15 is 0 Å². The molecule has 148 valence electrons. The van der Waals surface area contributed by atoms with Crippen molar-refractivity contribution in [3.8, 4) is 0 Å². The molecule has 0 saturated carbocycles. The van der Waals surface area contributed by atoms with Gasteiger partial charge in [0.05, 0.1) is 5.69 Å². The highest BCUT2D eigenvalue weighted by molar-refractivity contribution is 6.06. The van der Waals surface area contributed by atoms with Crippen LogP contribution >= 0.6 is 0 Å². The van der Waals surface area contributed by atoms with Gasteiger partial charge in [-0.15, -0.1) is 5.10 Å². The molecule has 9 heteroatoms. The topological polar surface area (TPSA) is 109 Å². The Morgan fingerprint density at radius 1 is 1.32 bits per heavy atom. The number of carbonyl (C=O) groups excluding carboxylic acids is 3. The van der Waals surface area contributed by atoms with Crippen molar-refractivity contribution >= 4 is 17.8 Å². The van der Waals surface area contributed by atoms with Gasteiger partial charge in [0.25, 0.3) is 5.91 Å². The van der Waals surface area contributed by atoms with Gasteiger partial charge in [0.2, 0.25) is 5.91 Å². The summed E-state index contributed by atoms with van der Waals surface area (Å²) in [5.74, 6) is -0.828. The Balaban J connectivity index is 1.54. The molecule has 2 N–H and O–H groups in total. The van der Waals surface area contributed by atoms with Crippen molar-refractivity contribution in [2.24, 2.45) is 0 Å². The summed E-state index contributed by atoms with van der Waals surface area (Å²) in [7, 11) is 0. The van der Waals surface area contributed by atoms with E-state index in [4.69, 9.17) is 0 Å². The summed E-state index contributed by atoms with van der Waals surface area (Å²) < 4.78 is 1.69. The van der Waals surface area contributed by atoms with E-state index in [1.165, 1.54) is 0 Å². The number of rotatable bonds is 7. The van der Waals surface area contributed by atoms with Gasteiger partial charge in [-0.05, 0) is 26.3 Å². The highest BCUT2D eigenvalue weighted by Crippen LogP contribution is 2.12. The molecule has 1 aliphatic heterocycles. The molecule has 1 saturated heterocycles. The summed E-state index contributed by atoms with van der Waals surface area (Å²) in [4.78, 5) is 37.8. The van der Waals surface area contributed by atoms with E-state index in [1.54, 1.807) is 10.9 Å². The molecule has 28 heavy (non-hydrogen) atoms. The minimum atomic E-state index is -0.741. The Morgan fingerprint density at radius 3 is 2.79 bits per heavy atom. The average molecular weight is 384 g/mol. The summed E-state index contributed by atoms with van der Waals surface area (Å²) in [6.45, 7) is 5.94. The third kappa shape index (κ3) is 4.54. The first-order valence-electron chi connectivity index (χ1n) is 9.18. The molecule has 4 amide bonds. The van der Waals surface area contributed by atoms with Crippen LogP contribution in [0.2, 0.25) is 0 Å². The molecular formula is C19H24N6O3. The number of imide groups is 1. The van der Waals surface area contributed by atoms with Gasteiger partial charge in [0.15, 0.2) is 0 Å². The van der Waals surface area contributed by atoms with Crippen molar-refractivity contribution in [1.82, 2.24) is 30.5 Å². The molecule has 0 radical (unpaired) electrons. The number of urea groups is 1. The van der Waals surface area contributed by atoms with Crippen LogP contribution in [0.15, 0.2) is 30.5 Å². The standard InChI is InChI=1S/C19H24N6O3/c1-12(2)25-10-15(22-23-25)8-16-18(27)24(19(28)21-16)11-17(26)20-9-14-6-4-5-13(3)7-14/h4-7,10,12,16H,8-9,11H2,1-3H3,(H,20,26)(H,21,28). The molecule has 1 aromatic carbocycles. The molecule has 1 aromatic heterocycles. The van der Waals surface area contributed by atoms with E-state index in [2.05, 4.69) is 20.9 Å². The van der Waals surface area contributed by atoms with Crippen molar-refractivity contribution in [3.05, 3.63) is 47.3 Å². The van der Waals surface area contributed by atoms with Crippen LogP contribution in [-0.2, 0) is 22.6 Å². The van der Waals surface area contributed by atoms with E-state index in [0.29, 0.717) is 12.2 Å². The Bertz CT molecular complexity index is 891. The second kappa shape index (κ2) is 8.20. The Labute approximate surface area is 163 Å². The molecule has 0 spiro atoms. The first-order chi connectivity index (χ1) is 13.3. The third-order valence-electron chi connectivity index (χ3n) is 4.48. The minimum Gasteiger partial charge on any atom is -0.350 e. The van der Waals surface area contributed by atoms with Crippen molar-refractivity contribution in [2.45, 2.75) is 45.8 Å². The number of hydrogen-bond acceptors (Lipinski definition) is 5. The fourth-order valence-corrected chi connectivity index (χ4v) is 2.96. The van der Waals surface area contributed by atoms with Gasteiger partial charge in [-0.3, -0.25) is 14.5 Å². The molecular weight excluding hydrogens is 360 g/mol. The van der Waals surface area contributed by atoms with Crippen molar-refractivity contribution < 1.29 is 14.4 Å². The van der Waals surface area contributed by atoms with Crippen molar-refractivity contribution in [3.63, 3.8) is 0 Å². The fourth-order valence-electron chi connectivity index (χ4n) is 2.96. The van der Waals surface area contributed by atoms with Crippen LogP contribution < -0.4 is 10.6 Å². The van der Waals surface area contributed by atoms with Crippen LogP contribution in [0.3, 0.4) is 0 Å². The van der Waals surface area contributed by atoms with E-state index < -0.39 is 23.9 Å². The lowest BCUT2D eigenvalue weighted by Gasteiger charge is -2.13. The second-order valence-corrected chi connectivity index (χ2v) is 7.18. The summed E-state index contributed by atoms with van der Waals surface area (Å²) in [6, 6.07) is 6.60. The van der Waals surface area contributed by atoms with Crippen LogP contribution in [-0.4, -0.2) is 50.3 Å². The fraction of sp³-hybridized carbons (Fsp3) is 0.421. The first-order valence-corrected chi connectivity index (χ1v) is 9.18. The molecule has 1 aliphatic rings. The number of aryl methyl sites for hydroxylation is 1. The molecule has 3 rings (SSSR count). The lowest BCUT2D eigenvalue weighted by Crippen LogP contribution is -2.41. The maximum Gasteiger partial charge on any atom is 0.325 e. The van der Waals surface area contributed by atoms with E-state index in [9.17, 15) is 14.4 Å². The number of benzene rings is 1. The molecule has 2 heterocycles. The normalized spacial score (nSPS) is 16.6. The Hall–Kier alpha value is -3.23. The van der Waals surface area contributed by atoms with Gasteiger partial charge in [0, 0.05) is 25.2 Å². The number of amides is 4. The molecule has 1 unspecified atom stereocenters. The number of nitrogens with one attached hydrogen (secondary N) is 2. The highest BCUT2D eigenvalue weighted by atomic mass is 16.2. The van der Waals surface area contributed by atoms with E-state index in [1.807, 2.05) is 45.0 Å². The van der Waals surface area contributed by atoms with Crippen LogP contribution in [0.4, 0.5) is 4.79 Å². The zero-order valence-corrected chi connectivity index (χ0v) is 16.2. The molecule has 2 aromatic rings. The number of hydrogen-bond donors (Lipinski definition) is 2. The van der Waals surface area contributed by atoms with Gasteiger partial charge in [-0.1, -0.05) is 35.0 Å². The quantitative estimate of drug-likeness (QED) is 0.691. The molecule has 1 atom stereocenters. The van der Waals surface area contributed by atoms with Gasteiger partial charge in [-0.25, -0.2) is 9.48 Å². The third-order valence-corrected chi connectivity index (χ3v) is 4.48. The summed E-state index contributed by atoms with van der Waals surface area (Å²) in [5.41, 5.74) is 2.66. The Morgan fingerprint density at radius 2 is 2.11 bits per heavy atom. The zero-order valence-electron chi connectivity index (χ0n) is 16.2. The average Bonchev–Trinajstić information content (AvgIpc) is 3.21. The minimum absolute atomic E-state index is 0.156. The maximum atomic E-state index is 12.5. The monoisotopic (exact) mass is 384 g/mol. The van der Waals surface area contributed by atoms with Gasteiger partial charge in [-0.2, -0.15) is 0 Å². The molecule has 0 bridgehead atoms. The summed E-state index contributed by atoms with van der Waals surface area (Å²) in [6.07, 6.45) is 1.99. The zero-order chi connectivity index (χ0) is 20.3. The molecule has 9 nitrogen and oxygen atoms in total. The van der Waals surface area contributed by atoms with Crippen LogP contribution in [0.1, 0.15) is 36.7 Å². The van der Waals surface area contributed by atoms with Crippen molar-refractivity contribution in [2.75, 3.05) is 6.54 Å². The van der Waals surface area contributed by atoms with Crippen LogP contribution in [0.5, 0.6) is 0 Å². The van der Waals surface area contributed by atoms with Gasteiger partial charge in [0.1, 0.15) is 12.6 Å². The Kier molecular flexibility index (Phi) is 5.72. The number of carbonyl (C=O) groups is 3. The van der Waals surface area contributed by atoms with Crippen LogP contribution in [0, 0.1) is 6.92 Å². The maximum absolute atomic E-state index is 12.5. The first kappa shape index (κ1) is 19.5. The lowest BCUT2D eigenvalue weighted by molar-refractivity contribution is -0.132. The molecule has 0 aliphatic carbocycles. The van der Waals surface area contributed by atoms with Gasteiger partial charge >= 0.3 is 6.03 Å².